The van der Waals surface area contributed by atoms with Crippen molar-refractivity contribution in [2.24, 2.45) is 5.92 Å². The molecule has 0 aliphatic rings. The summed E-state index contributed by atoms with van der Waals surface area (Å²) in [4.78, 5) is 17.7. The van der Waals surface area contributed by atoms with Gasteiger partial charge in [0.1, 0.15) is 5.75 Å². The lowest BCUT2D eigenvalue weighted by molar-refractivity contribution is -0.111. The molecule has 0 atom stereocenters. The van der Waals surface area contributed by atoms with Crippen LogP contribution in [0.25, 0.3) is 17.3 Å². The average molecular weight is 399 g/mol. The Balaban J connectivity index is 1.59. The maximum atomic E-state index is 12.2. The second-order valence-electron chi connectivity index (χ2n) is 6.54. The van der Waals surface area contributed by atoms with Crippen molar-refractivity contribution in [3.8, 4) is 17.0 Å². The number of benzene rings is 1. The zero-order valence-electron chi connectivity index (χ0n) is 15.6. The van der Waals surface area contributed by atoms with Crippen LogP contribution in [-0.4, -0.2) is 18.0 Å². The molecule has 0 unspecified atom stereocenters. The monoisotopic (exact) mass is 398 g/mol. The molecule has 2 heterocycles. The van der Waals surface area contributed by atoms with E-state index in [4.69, 9.17) is 4.74 Å². The van der Waals surface area contributed by atoms with Crippen LogP contribution in [0.5, 0.6) is 5.75 Å². The highest BCUT2D eigenvalue weighted by Crippen LogP contribution is 2.26. The molecule has 140 valence electrons. The first-order valence-electron chi connectivity index (χ1n) is 8.70. The van der Waals surface area contributed by atoms with Crippen LogP contribution in [0.15, 0.2) is 47.2 Å². The van der Waals surface area contributed by atoms with Crippen LogP contribution in [0, 0.1) is 5.92 Å². The largest absolute Gasteiger partial charge is 0.497 e. The van der Waals surface area contributed by atoms with Crippen LogP contribution in [0.4, 0.5) is 5.13 Å². The highest BCUT2D eigenvalue weighted by molar-refractivity contribution is 7.14. The number of nitrogens with zero attached hydrogens (tertiary/aromatic N) is 1. The molecule has 0 aliphatic heterocycles. The second-order valence-corrected chi connectivity index (χ2v) is 8.35. The minimum atomic E-state index is -0.176. The molecule has 3 aromatic rings. The number of thiophene rings is 1. The van der Waals surface area contributed by atoms with Crippen LogP contribution in [0.3, 0.4) is 0 Å². The number of thiazole rings is 1. The fourth-order valence-electron chi connectivity index (χ4n) is 2.59. The molecule has 27 heavy (non-hydrogen) atoms. The molecule has 6 heteroatoms. The number of methoxy groups -OCH3 is 1. The van der Waals surface area contributed by atoms with Crippen LogP contribution in [0.2, 0.25) is 0 Å². The van der Waals surface area contributed by atoms with Gasteiger partial charge in [0, 0.05) is 21.9 Å². The van der Waals surface area contributed by atoms with Crippen LogP contribution >= 0.6 is 22.7 Å². The SMILES string of the molecule is COc1ccc(-c2csc(NC(=O)C=Cc3cc(CC(C)C)cs3)n2)cc1. The third-order valence-corrected chi connectivity index (χ3v) is 5.54. The van der Waals surface area contributed by atoms with E-state index in [0.717, 1.165) is 28.3 Å². The molecule has 1 aromatic carbocycles. The fourth-order valence-corrected chi connectivity index (χ4v) is 4.13. The summed E-state index contributed by atoms with van der Waals surface area (Å²) in [6.07, 6.45) is 4.46. The zero-order valence-corrected chi connectivity index (χ0v) is 17.2. The van der Waals surface area contributed by atoms with Gasteiger partial charge in [0.2, 0.25) is 5.91 Å². The van der Waals surface area contributed by atoms with E-state index in [-0.39, 0.29) is 5.91 Å². The van der Waals surface area contributed by atoms with Gasteiger partial charge in [-0.15, -0.1) is 22.7 Å². The van der Waals surface area contributed by atoms with Gasteiger partial charge in [-0.3, -0.25) is 10.1 Å². The smallest absolute Gasteiger partial charge is 0.250 e. The Morgan fingerprint density at radius 1 is 1.22 bits per heavy atom. The minimum Gasteiger partial charge on any atom is -0.497 e. The van der Waals surface area contributed by atoms with Gasteiger partial charge in [-0.05, 0) is 59.7 Å². The first kappa shape index (κ1) is 19.3. The van der Waals surface area contributed by atoms with Crippen LogP contribution in [-0.2, 0) is 11.2 Å². The Bertz CT molecular complexity index is 924. The van der Waals surface area contributed by atoms with Gasteiger partial charge < -0.3 is 4.74 Å². The van der Waals surface area contributed by atoms with Crippen LogP contribution in [0.1, 0.15) is 24.3 Å². The van der Waals surface area contributed by atoms with E-state index in [9.17, 15) is 4.79 Å². The Morgan fingerprint density at radius 2 is 2.00 bits per heavy atom. The van der Waals surface area contributed by atoms with Crippen LogP contribution < -0.4 is 10.1 Å². The lowest BCUT2D eigenvalue weighted by Gasteiger charge is -2.00. The molecular formula is C21H22N2O2S2. The molecule has 0 bridgehead atoms. The summed E-state index contributed by atoms with van der Waals surface area (Å²) < 4.78 is 5.16. The molecule has 0 fully saturated rings. The number of ether oxygens (including phenoxy) is 1. The van der Waals surface area contributed by atoms with Crippen molar-refractivity contribution in [1.82, 2.24) is 4.98 Å². The Kier molecular flexibility index (Phi) is 6.42. The summed E-state index contributed by atoms with van der Waals surface area (Å²) in [5.74, 6) is 1.26. The Hall–Kier alpha value is -2.44. The summed E-state index contributed by atoms with van der Waals surface area (Å²) in [6.45, 7) is 4.41. The molecule has 0 radical (unpaired) electrons. The lowest BCUT2D eigenvalue weighted by atomic mass is 10.1. The van der Waals surface area contributed by atoms with Gasteiger partial charge in [-0.2, -0.15) is 0 Å². The number of carbonyl (C=O) groups excluding carboxylic acids is 1. The summed E-state index contributed by atoms with van der Waals surface area (Å²) in [5, 5.41) is 7.49. The summed E-state index contributed by atoms with van der Waals surface area (Å²) in [6, 6.07) is 9.82. The first-order chi connectivity index (χ1) is 13.0. The maximum Gasteiger partial charge on any atom is 0.250 e. The molecule has 2 aromatic heterocycles. The van der Waals surface area contributed by atoms with Crippen molar-refractivity contribution in [2.45, 2.75) is 20.3 Å². The van der Waals surface area contributed by atoms with Crippen molar-refractivity contribution < 1.29 is 9.53 Å². The molecule has 1 amide bonds. The van der Waals surface area contributed by atoms with E-state index in [1.807, 2.05) is 35.7 Å². The van der Waals surface area contributed by atoms with Crippen molar-refractivity contribution in [1.29, 1.82) is 0 Å². The predicted molar refractivity (Wildman–Crippen MR) is 115 cm³/mol. The summed E-state index contributed by atoms with van der Waals surface area (Å²) in [5.41, 5.74) is 3.14. The number of hydrogen-bond donors (Lipinski definition) is 1. The zero-order chi connectivity index (χ0) is 19.2. The van der Waals surface area contributed by atoms with E-state index in [1.165, 1.54) is 16.9 Å². The van der Waals surface area contributed by atoms with E-state index < -0.39 is 0 Å². The first-order valence-corrected chi connectivity index (χ1v) is 10.5. The van der Waals surface area contributed by atoms with E-state index in [1.54, 1.807) is 24.5 Å². The Labute approximate surface area is 167 Å². The molecule has 0 aliphatic carbocycles. The molecule has 0 saturated heterocycles. The fraction of sp³-hybridized carbons (Fsp3) is 0.238. The van der Waals surface area contributed by atoms with E-state index in [2.05, 4.69) is 35.6 Å². The molecule has 0 spiro atoms. The number of hydrogen-bond acceptors (Lipinski definition) is 5. The summed E-state index contributed by atoms with van der Waals surface area (Å²) in [7, 11) is 1.64. The van der Waals surface area contributed by atoms with Crippen molar-refractivity contribution in [2.75, 3.05) is 12.4 Å². The van der Waals surface area contributed by atoms with Gasteiger partial charge >= 0.3 is 0 Å². The standard InChI is InChI=1S/C21H22N2O2S2/c1-14(2)10-15-11-18(26-12-15)8-9-20(24)23-21-22-19(13-27-21)16-4-6-17(25-3)7-5-16/h4-9,11-14H,10H2,1-3H3,(H,22,23,24). The van der Waals surface area contributed by atoms with E-state index >= 15 is 0 Å². The van der Waals surface area contributed by atoms with Gasteiger partial charge in [0.25, 0.3) is 0 Å². The predicted octanol–water partition coefficient (Wildman–Crippen LogP) is 5.73. The number of nitrogens with one attached hydrogen (secondary N) is 1. The quantitative estimate of drug-likeness (QED) is 0.517. The summed E-state index contributed by atoms with van der Waals surface area (Å²) >= 11 is 3.06. The number of aromatic nitrogens is 1. The van der Waals surface area contributed by atoms with E-state index in [0.29, 0.717) is 11.0 Å². The molecule has 3 rings (SSSR count). The molecule has 1 N–H and O–H groups in total. The van der Waals surface area contributed by atoms with Crippen molar-refractivity contribution >= 4 is 39.8 Å². The number of anilines is 1. The van der Waals surface area contributed by atoms with Gasteiger partial charge in [0.05, 0.1) is 12.8 Å². The normalized spacial score (nSPS) is 11.3. The average Bonchev–Trinajstić information content (AvgIpc) is 3.29. The van der Waals surface area contributed by atoms with Crippen molar-refractivity contribution in [3.05, 3.63) is 57.6 Å². The maximum absolute atomic E-state index is 12.2. The highest BCUT2D eigenvalue weighted by atomic mass is 32.1. The second kappa shape index (κ2) is 8.97. The van der Waals surface area contributed by atoms with Gasteiger partial charge in [0.15, 0.2) is 5.13 Å². The van der Waals surface area contributed by atoms with Gasteiger partial charge in [-0.1, -0.05) is 13.8 Å². The topological polar surface area (TPSA) is 51.2 Å². The minimum absolute atomic E-state index is 0.176. The number of carbonyl (C=O) groups is 1. The molecule has 4 nitrogen and oxygen atoms in total. The third kappa shape index (κ3) is 5.52. The Morgan fingerprint density at radius 3 is 2.70 bits per heavy atom. The van der Waals surface area contributed by atoms with Gasteiger partial charge in [-0.25, -0.2) is 4.98 Å². The number of amides is 1. The molecular weight excluding hydrogens is 376 g/mol. The molecule has 0 saturated carbocycles. The van der Waals surface area contributed by atoms with Crippen molar-refractivity contribution in [3.63, 3.8) is 0 Å². The number of rotatable bonds is 7. The third-order valence-electron chi connectivity index (χ3n) is 3.84. The lowest BCUT2D eigenvalue weighted by Crippen LogP contribution is -2.07. The highest BCUT2D eigenvalue weighted by Gasteiger charge is 2.07.